The van der Waals surface area contributed by atoms with Gasteiger partial charge in [0, 0.05) is 5.54 Å². The minimum Gasteiger partial charge on any atom is -0.312 e. The fraction of sp³-hybridized carbons (Fsp3) is 1.00. The molecule has 1 aliphatic rings. The summed E-state index contributed by atoms with van der Waals surface area (Å²) < 4.78 is 23.5. The number of nitrogens with zero attached hydrogens (tertiary/aromatic N) is 1. The highest BCUT2D eigenvalue weighted by Crippen LogP contribution is 2.66. The Bertz CT molecular complexity index is 311. The second-order valence-corrected chi connectivity index (χ2v) is 7.65. The molecule has 0 saturated carbocycles. The van der Waals surface area contributed by atoms with E-state index in [-0.39, 0.29) is 0 Å². The molecule has 0 aromatic heterocycles. The van der Waals surface area contributed by atoms with Crippen LogP contribution >= 0.6 is 7.60 Å². The molecule has 5 nitrogen and oxygen atoms in total. The molecule has 1 aliphatic heterocycles. The van der Waals surface area contributed by atoms with Crippen molar-refractivity contribution in [2.24, 2.45) is 0 Å². The summed E-state index contributed by atoms with van der Waals surface area (Å²) in [5.41, 5.74) is -0.404. The summed E-state index contributed by atoms with van der Waals surface area (Å²) in [4.78, 5) is 0. The zero-order valence-corrected chi connectivity index (χ0v) is 12.3. The lowest BCUT2D eigenvalue weighted by Gasteiger charge is -2.40. The van der Waals surface area contributed by atoms with Crippen LogP contribution in [-0.2, 0) is 13.6 Å². The highest BCUT2D eigenvalue weighted by molar-refractivity contribution is 7.55. The summed E-state index contributed by atoms with van der Waals surface area (Å²) in [6.07, 6.45) is 1.35. The standard InChI is InChI=1S/C11H24NO4P/c1-6-15-17(14,16-7-2)11(5)9-8-10(3,4)12(11)13/h13H,6-9H2,1-5H3. The first-order valence-corrected chi connectivity index (χ1v) is 7.66. The molecule has 1 N–H and O–H groups in total. The van der Waals surface area contributed by atoms with Gasteiger partial charge in [-0.25, -0.2) is 0 Å². The van der Waals surface area contributed by atoms with E-state index in [1.165, 1.54) is 0 Å². The molecule has 1 fully saturated rings. The van der Waals surface area contributed by atoms with Crippen LogP contribution in [0.5, 0.6) is 0 Å². The second kappa shape index (κ2) is 4.98. The van der Waals surface area contributed by atoms with E-state index < -0.39 is 18.4 Å². The Morgan fingerprint density at radius 3 is 1.94 bits per heavy atom. The largest absolute Gasteiger partial charge is 0.352 e. The topological polar surface area (TPSA) is 59.0 Å². The third-order valence-electron chi connectivity index (χ3n) is 3.43. The van der Waals surface area contributed by atoms with E-state index in [1.54, 1.807) is 20.8 Å². The van der Waals surface area contributed by atoms with Crippen molar-refractivity contribution in [3.05, 3.63) is 0 Å². The molecule has 0 aliphatic carbocycles. The summed E-state index contributed by atoms with van der Waals surface area (Å²) in [5, 5.41) is 10.5. The minimum atomic E-state index is -3.34. The quantitative estimate of drug-likeness (QED) is 0.773. The van der Waals surface area contributed by atoms with Crippen LogP contribution in [-0.4, -0.2) is 34.3 Å². The monoisotopic (exact) mass is 265 g/mol. The van der Waals surface area contributed by atoms with Crippen molar-refractivity contribution >= 4 is 7.60 Å². The lowest BCUT2D eigenvalue weighted by molar-refractivity contribution is -0.178. The van der Waals surface area contributed by atoms with Gasteiger partial charge in [0.1, 0.15) is 5.28 Å². The Morgan fingerprint density at radius 2 is 1.65 bits per heavy atom. The van der Waals surface area contributed by atoms with Gasteiger partial charge in [0.25, 0.3) is 0 Å². The van der Waals surface area contributed by atoms with Crippen molar-refractivity contribution in [2.75, 3.05) is 13.2 Å². The Hall–Kier alpha value is 0.0700. The van der Waals surface area contributed by atoms with Crippen LogP contribution in [0.3, 0.4) is 0 Å². The third kappa shape index (κ3) is 2.45. The van der Waals surface area contributed by atoms with E-state index in [2.05, 4.69) is 0 Å². The molecule has 102 valence electrons. The lowest BCUT2D eigenvalue weighted by atomic mass is 10.0. The van der Waals surface area contributed by atoms with Crippen molar-refractivity contribution in [2.45, 2.75) is 58.3 Å². The Kier molecular flexibility index (Phi) is 4.43. The van der Waals surface area contributed by atoms with Gasteiger partial charge in [-0.15, -0.1) is 0 Å². The molecule has 1 atom stereocenters. The molecule has 1 rings (SSSR count). The van der Waals surface area contributed by atoms with E-state index in [0.717, 1.165) is 11.5 Å². The van der Waals surface area contributed by atoms with Crippen LogP contribution in [0.25, 0.3) is 0 Å². The summed E-state index contributed by atoms with van der Waals surface area (Å²) in [7, 11) is -3.34. The highest BCUT2D eigenvalue weighted by Gasteiger charge is 2.59. The zero-order valence-electron chi connectivity index (χ0n) is 11.4. The number of hydrogen-bond donors (Lipinski definition) is 1. The zero-order chi connectivity index (χ0) is 13.3. The average molecular weight is 265 g/mol. The summed E-state index contributed by atoms with van der Waals surface area (Å²) >= 11 is 0. The maximum Gasteiger partial charge on any atom is 0.352 e. The van der Waals surface area contributed by atoms with Crippen molar-refractivity contribution in [3.63, 3.8) is 0 Å². The first-order valence-electron chi connectivity index (χ1n) is 6.12. The molecule has 0 radical (unpaired) electrons. The Labute approximate surface area is 104 Å². The van der Waals surface area contributed by atoms with Crippen molar-refractivity contribution < 1.29 is 18.8 Å². The van der Waals surface area contributed by atoms with Gasteiger partial charge in [-0.1, -0.05) is 0 Å². The highest BCUT2D eigenvalue weighted by atomic mass is 31.2. The predicted molar refractivity (Wildman–Crippen MR) is 66.2 cm³/mol. The van der Waals surface area contributed by atoms with Crippen LogP contribution in [0.4, 0.5) is 0 Å². The minimum absolute atomic E-state index is 0.307. The normalized spacial score (nSPS) is 29.8. The van der Waals surface area contributed by atoms with Gasteiger partial charge in [-0.05, 0) is 47.5 Å². The van der Waals surface area contributed by atoms with Gasteiger partial charge >= 0.3 is 7.60 Å². The van der Waals surface area contributed by atoms with Crippen molar-refractivity contribution in [1.29, 1.82) is 0 Å². The molecular weight excluding hydrogens is 241 g/mol. The van der Waals surface area contributed by atoms with Crippen molar-refractivity contribution in [3.8, 4) is 0 Å². The lowest BCUT2D eigenvalue weighted by Crippen LogP contribution is -2.47. The molecular formula is C11H24NO4P. The number of hydrogen-bond acceptors (Lipinski definition) is 5. The van der Waals surface area contributed by atoms with E-state index in [4.69, 9.17) is 9.05 Å². The van der Waals surface area contributed by atoms with Gasteiger partial charge in [0.15, 0.2) is 0 Å². The van der Waals surface area contributed by atoms with E-state index in [1.807, 2.05) is 13.8 Å². The fourth-order valence-corrected chi connectivity index (χ4v) is 4.51. The van der Waals surface area contributed by atoms with Crippen molar-refractivity contribution in [1.82, 2.24) is 5.06 Å². The molecule has 6 heteroatoms. The van der Waals surface area contributed by atoms with Gasteiger partial charge in [0.2, 0.25) is 0 Å². The Balaban J connectivity index is 3.06. The smallest absolute Gasteiger partial charge is 0.312 e. The average Bonchev–Trinajstić information content (AvgIpc) is 2.45. The SMILES string of the molecule is CCOP(=O)(OCC)C1(C)CCC(C)(C)N1O. The number of hydroxylamine groups is 2. The molecule has 1 unspecified atom stereocenters. The molecule has 0 aromatic rings. The van der Waals surface area contributed by atoms with Crippen LogP contribution in [0.15, 0.2) is 0 Å². The second-order valence-electron chi connectivity index (χ2n) is 5.17. The summed E-state index contributed by atoms with van der Waals surface area (Å²) in [6, 6.07) is 0. The van der Waals surface area contributed by atoms with Crippen LogP contribution < -0.4 is 0 Å². The van der Waals surface area contributed by atoms with Gasteiger partial charge < -0.3 is 14.3 Å². The Morgan fingerprint density at radius 1 is 1.18 bits per heavy atom. The van der Waals surface area contributed by atoms with E-state index >= 15 is 0 Å². The summed E-state index contributed by atoms with van der Waals surface area (Å²) in [5.74, 6) is 0. The predicted octanol–water partition coefficient (Wildman–Crippen LogP) is 3.23. The molecule has 0 spiro atoms. The van der Waals surface area contributed by atoms with E-state index in [0.29, 0.717) is 19.6 Å². The molecule has 17 heavy (non-hydrogen) atoms. The molecule has 0 amide bonds. The first kappa shape index (κ1) is 15.1. The van der Waals surface area contributed by atoms with E-state index in [9.17, 15) is 9.77 Å². The van der Waals surface area contributed by atoms with Crippen LogP contribution in [0.2, 0.25) is 0 Å². The maximum atomic E-state index is 12.8. The molecule has 1 saturated heterocycles. The fourth-order valence-electron chi connectivity index (χ4n) is 2.31. The first-order chi connectivity index (χ1) is 7.73. The van der Waals surface area contributed by atoms with Gasteiger partial charge in [-0.2, -0.15) is 5.06 Å². The molecule has 0 aromatic carbocycles. The summed E-state index contributed by atoms with van der Waals surface area (Å²) in [6.45, 7) is 9.74. The van der Waals surface area contributed by atoms with Gasteiger partial charge in [-0.3, -0.25) is 4.57 Å². The molecule has 0 bridgehead atoms. The maximum absolute atomic E-state index is 12.8. The van der Waals surface area contributed by atoms with Crippen LogP contribution in [0, 0.1) is 0 Å². The van der Waals surface area contributed by atoms with Gasteiger partial charge in [0.05, 0.1) is 13.2 Å². The number of rotatable bonds is 5. The third-order valence-corrected chi connectivity index (χ3v) is 6.22. The molecule has 1 heterocycles. The van der Waals surface area contributed by atoms with Crippen LogP contribution in [0.1, 0.15) is 47.5 Å².